The molecule has 1 fully saturated rings. The van der Waals surface area contributed by atoms with Gasteiger partial charge in [0.2, 0.25) is 0 Å². The fourth-order valence-corrected chi connectivity index (χ4v) is 1.70. The van der Waals surface area contributed by atoms with E-state index in [-0.39, 0.29) is 0 Å². The van der Waals surface area contributed by atoms with E-state index in [0.717, 1.165) is 0 Å². The van der Waals surface area contributed by atoms with Crippen LogP contribution in [0.5, 0.6) is 0 Å². The smallest absolute Gasteiger partial charge is 0.276 e. The van der Waals surface area contributed by atoms with Gasteiger partial charge in [-0.15, -0.1) is 0 Å². The lowest BCUT2D eigenvalue weighted by atomic mass is 10.2. The maximum atomic E-state index is 11.0. The van der Waals surface area contributed by atoms with Crippen LogP contribution in [0, 0.1) is 0 Å². The maximum Gasteiger partial charge on any atom is 0.276 e. The quantitative estimate of drug-likeness (QED) is 0.640. The highest BCUT2D eigenvalue weighted by atomic mass is 32.2. The first-order chi connectivity index (χ1) is 6.47. The summed E-state index contributed by atoms with van der Waals surface area (Å²) in [5, 5.41) is 0. The Balaban J connectivity index is 2.27. The zero-order valence-electron chi connectivity index (χ0n) is 8.37. The number of nitrogens with one attached hydrogen (secondary N) is 2. The molecule has 84 valence electrons. The van der Waals surface area contributed by atoms with Crippen molar-refractivity contribution in [3.05, 3.63) is 0 Å². The van der Waals surface area contributed by atoms with E-state index in [2.05, 4.69) is 9.44 Å². The highest BCUT2D eigenvalue weighted by Gasteiger charge is 2.30. The Bertz CT molecular complexity index is 271. The summed E-state index contributed by atoms with van der Waals surface area (Å²) in [4.78, 5) is 0. The fraction of sp³-hybridized carbons (Fsp3) is 1.00. The molecule has 1 aliphatic rings. The first-order valence-corrected chi connectivity index (χ1v) is 5.92. The van der Waals surface area contributed by atoms with Crippen LogP contribution in [0.4, 0.5) is 0 Å². The van der Waals surface area contributed by atoms with Crippen LogP contribution in [0.15, 0.2) is 0 Å². The predicted octanol–water partition coefficient (Wildman–Crippen LogP) is -0.807. The molecule has 1 rings (SSSR count). The summed E-state index contributed by atoms with van der Waals surface area (Å²) >= 11 is 0. The third kappa shape index (κ3) is 3.50. The molecular formula is C7H16N2O4S. The van der Waals surface area contributed by atoms with E-state index in [1.807, 2.05) is 0 Å². The van der Waals surface area contributed by atoms with Crippen molar-refractivity contribution < 1.29 is 17.9 Å². The van der Waals surface area contributed by atoms with Gasteiger partial charge in [-0.25, -0.2) is 9.44 Å². The molecule has 0 atom stereocenters. The van der Waals surface area contributed by atoms with Gasteiger partial charge in [0.25, 0.3) is 10.2 Å². The molecule has 0 unspecified atom stereocenters. The van der Waals surface area contributed by atoms with Gasteiger partial charge in [-0.1, -0.05) is 0 Å². The second-order valence-electron chi connectivity index (χ2n) is 3.18. The Morgan fingerprint density at radius 1 is 1.36 bits per heavy atom. The van der Waals surface area contributed by atoms with Crippen molar-refractivity contribution in [3.8, 4) is 0 Å². The summed E-state index contributed by atoms with van der Waals surface area (Å²) in [5.41, 5.74) is 0. The number of hydrogen-bond acceptors (Lipinski definition) is 4. The largest absolute Gasteiger partial charge is 0.348 e. The molecule has 0 amide bonds. The van der Waals surface area contributed by atoms with E-state index in [1.165, 1.54) is 7.05 Å². The third-order valence-electron chi connectivity index (χ3n) is 2.04. The molecule has 0 bridgehead atoms. The molecule has 0 saturated carbocycles. The van der Waals surface area contributed by atoms with Crippen molar-refractivity contribution in [3.63, 3.8) is 0 Å². The molecule has 0 aromatic rings. The summed E-state index contributed by atoms with van der Waals surface area (Å²) in [6.45, 7) is 3.22. The minimum absolute atomic E-state index is 0.291. The highest BCUT2D eigenvalue weighted by Crippen LogP contribution is 2.21. The number of rotatable bonds is 5. The Morgan fingerprint density at radius 3 is 2.43 bits per heavy atom. The highest BCUT2D eigenvalue weighted by molar-refractivity contribution is 7.87. The van der Waals surface area contributed by atoms with Gasteiger partial charge in [0.05, 0.1) is 13.2 Å². The first kappa shape index (κ1) is 11.9. The number of ether oxygens (including phenoxy) is 2. The van der Waals surface area contributed by atoms with Crippen LogP contribution in [0.1, 0.15) is 13.3 Å². The van der Waals surface area contributed by atoms with Gasteiger partial charge in [-0.05, 0) is 6.92 Å². The van der Waals surface area contributed by atoms with Crippen LogP contribution in [0.25, 0.3) is 0 Å². The van der Waals surface area contributed by atoms with E-state index in [4.69, 9.17) is 9.47 Å². The second kappa shape index (κ2) is 4.54. The molecule has 0 spiro atoms. The van der Waals surface area contributed by atoms with Crippen LogP contribution >= 0.6 is 0 Å². The Kier molecular flexibility index (Phi) is 3.85. The van der Waals surface area contributed by atoms with Gasteiger partial charge in [0, 0.05) is 20.0 Å². The molecule has 0 aromatic heterocycles. The summed E-state index contributed by atoms with van der Waals surface area (Å²) in [6.07, 6.45) is 0.494. The molecule has 1 aliphatic heterocycles. The maximum absolute atomic E-state index is 11.0. The molecule has 14 heavy (non-hydrogen) atoms. The Morgan fingerprint density at radius 2 is 1.93 bits per heavy atom. The molecule has 6 nitrogen and oxygen atoms in total. The predicted molar refractivity (Wildman–Crippen MR) is 50.9 cm³/mol. The van der Waals surface area contributed by atoms with Gasteiger partial charge in [0.1, 0.15) is 0 Å². The summed E-state index contributed by atoms with van der Waals surface area (Å²) in [6, 6.07) is 0. The zero-order chi connectivity index (χ0) is 10.7. The minimum Gasteiger partial charge on any atom is -0.348 e. The average Bonchev–Trinajstić information content (AvgIpc) is 2.52. The van der Waals surface area contributed by atoms with Crippen molar-refractivity contribution in [2.24, 2.45) is 0 Å². The minimum atomic E-state index is -3.35. The molecule has 2 N–H and O–H groups in total. The SMILES string of the molecule is CNS(=O)(=O)NCCC1(C)OCCO1. The van der Waals surface area contributed by atoms with Crippen molar-refractivity contribution in [1.82, 2.24) is 9.44 Å². The van der Waals surface area contributed by atoms with Crippen LogP contribution < -0.4 is 9.44 Å². The lowest BCUT2D eigenvalue weighted by molar-refractivity contribution is -0.145. The first-order valence-electron chi connectivity index (χ1n) is 4.43. The topological polar surface area (TPSA) is 76.7 Å². The molecule has 0 aliphatic carbocycles. The van der Waals surface area contributed by atoms with Gasteiger partial charge in [-0.2, -0.15) is 8.42 Å². The molecule has 0 radical (unpaired) electrons. The van der Waals surface area contributed by atoms with Gasteiger partial charge < -0.3 is 9.47 Å². The van der Waals surface area contributed by atoms with E-state index < -0.39 is 16.0 Å². The van der Waals surface area contributed by atoms with Crippen LogP contribution in [0.3, 0.4) is 0 Å². The summed E-state index contributed by atoms with van der Waals surface area (Å²) in [7, 11) is -2.00. The third-order valence-corrected chi connectivity index (χ3v) is 3.16. The second-order valence-corrected chi connectivity index (χ2v) is 4.89. The Labute approximate surface area is 84.1 Å². The van der Waals surface area contributed by atoms with E-state index in [9.17, 15) is 8.42 Å². The molecule has 1 heterocycles. The van der Waals surface area contributed by atoms with Gasteiger partial charge >= 0.3 is 0 Å². The van der Waals surface area contributed by atoms with Gasteiger partial charge in [-0.3, -0.25) is 0 Å². The lowest BCUT2D eigenvalue weighted by Gasteiger charge is -2.21. The van der Waals surface area contributed by atoms with Crippen molar-refractivity contribution >= 4 is 10.2 Å². The van der Waals surface area contributed by atoms with Crippen LogP contribution in [-0.2, 0) is 19.7 Å². The molecule has 7 heteroatoms. The molecule has 1 saturated heterocycles. The normalized spacial score (nSPS) is 21.3. The van der Waals surface area contributed by atoms with E-state index in [0.29, 0.717) is 26.2 Å². The van der Waals surface area contributed by atoms with Crippen molar-refractivity contribution in [2.45, 2.75) is 19.1 Å². The van der Waals surface area contributed by atoms with E-state index in [1.54, 1.807) is 6.92 Å². The van der Waals surface area contributed by atoms with Gasteiger partial charge in [0.15, 0.2) is 5.79 Å². The molecule has 0 aromatic carbocycles. The average molecular weight is 224 g/mol. The monoisotopic (exact) mass is 224 g/mol. The Hall–Kier alpha value is -0.210. The summed E-state index contributed by atoms with van der Waals surface area (Å²) in [5.74, 6) is -0.643. The van der Waals surface area contributed by atoms with E-state index >= 15 is 0 Å². The van der Waals surface area contributed by atoms with Crippen molar-refractivity contribution in [2.75, 3.05) is 26.8 Å². The van der Waals surface area contributed by atoms with Crippen LogP contribution in [0.2, 0.25) is 0 Å². The summed E-state index contributed by atoms with van der Waals surface area (Å²) < 4.78 is 37.1. The fourth-order valence-electron chi connectivity index (χ4n) is 1.19. The number of hydrogen-bond donors (Lipinski definition) is 2. The van der Waals surface area contributed by atoms with Crippen LogP contribution in [-0.4, -0.2) is 41.0 Å². The molecular weight excluding hydrogens is 208 g/mol. The standard InChI is InChI=1S/C7H16N2O4S/c1-7(12-5-6-13-7)3-4-9-14(10,11)8-2/h8-9H,3-6H2,1-2H3. The lowest BCUT2D eigenvalue weighted by Crippen LogP contribution is -2.38. The zero-order valence-corrected chi connectivity index (χ0v) is 9.19. The van der Waals surface area contributed by atoms with Crippen molar-refractivity contribution in [1.29, 1.82) is 0 Å².